The van der Waals surface area contributed by atoms with E-state index in [-0.39, 0.29) is 6.61 Å². The molecule has 1 heterocycles. The molecule has 0 saturated heterocycles. The lowest BCUT2D eigenvalue weighted by atomic mass is 10.3. The highest BCUT2D eigenvalue weighted by atomic mass is 79.9. The molecule has 0 saturated carbocycles. The van der Waals surface area contributed by atoms with E-state index in [2.05, 4.69) is 21.0 Å². The summed E-state index contributed by atoms with van der Waals surface area (Å²) in [5.74, 6) is 0. The topological polar surface area (TPSA) is 38.1 Å². The average molecular weight is 267 g/mol. The third kappa shape index (κ3) is 2.11. The summed E-state index contributed by atoms with van der Waals surface area (Å²) in [6.07, 6.45) is 0. The number of aliphatic hydroxyl groups is 1. The summed E-state index contributed by atoms with van der Waals surface area (Å²) in [5.41, 5.74) is 2.69. The summed E-state index contributed by atoms with van der Waals surface area (Å²) in [5, 5.41) is 13.3. The van der Waals surface area contributed by atoms with Gasteiger partial charge in [0.15, 0.2) is 0 Å². The molecule has 0 amide bonds. The number of halogens is 1. The minimum atomic E-state index is -0.0259. The van der Waals surface area contributed by atoms with E-state index in [1.54, 1.807) is 0 Å². The van der Waals surface area contributed by atoms with Crippen LogP contribution in [0.3, 0.4) is 0 Å². The Balaban J connectivity index is 2.48. The maximum Gasteiger partial charge on any atom is 0.0886 e. The third-order valence-corrected chi connectivity index (χ3v) is 2.65. The maximum atomic E-state index is 8.99. The van der Waals surface area contributed by atoms with Crippen LogP contribution in [0.2, 0.25) is 0 Å². The monoisotopic (exact) mass is 266 g/mol. The first-order chi connectivity index (χ1) is 7.20. The van der Waals surface area contributed by atoms with Gasteiger partial charge in [0.2, 0.25) is 0 Å². The van der Waals surface area contributed by atoms with Crippen molar-refractivity contribution in [1.29, 1.82) is 0 Å². The molecule has 0 aliphatic heterocycles. The molecule has 2 aromatic rings. The molecule has 1 aromatic heterocycles. The standard InChI is InChI=1S/C11H11BrN2O/c1-8-5-10(7-15)13-14(8)11-4-2-3-9(12)6-11/h2-6,15H,7H2,1H3. The van der Waals surface area contributed by atoms with Gasteiger partial charge < -0.3 is 5.11 Å². The van der Waals surface area contributed by atoms with Gasteiger partial charge in [-0.25, -0.2) is 4.68 Å². The van der Waals surface area contributed by atoms with Crippen LogP contribution in [-0.4, -0.2) is 14.9 Å². The van der Waals surface area contributed by atoms with Crippen LogP contribution in [0.15, 0.2) is 34.8 Å². The first-order valence-electron chi connectivity index (χ1n) is 4.63. The number of aliphatic hydroxyl groups excluding tert-OH is 1. The zero-order valence-corrected chi connectivity index (χ0v) is 9.90. The van der Waals surface area contributed by atoms with Gasteiger partial charge >= 0.3 is 0 Å². The van der Waals surface area contributed by atoms with Crippen molar-refractivity contribution in [3.8, 4) is 5.69 Å². The van der Waals surface area contributed by atoms with Gasteiger partial charge in [0, 0.05) is 10.2 Å². The normalized spacial score (nSPS) is 10.6. The van der Waals surface area contributed by atoms with Crippen LogP contribution in [0, 0.1) is 6.92 Å². The van der Waals surface area contributed by atoms with Crippen LogP contribution in [0.1, 0.15) is 11.4 Å². The van der Waals surface area contributed by atoms with Crippen LogP contribution in [-0.2, 0) is 6.61 Å². The number of aromatic nitrogens is 2. The largest absolute Gasteiger partial charge is 0.390 e. The van der Waals surface area contributed by atoms with Crippen molar-refractivity contribution in [2.24, 2.45) is 0 Å². The Labute approximate surface area is 96.5 Å². The molecule has 78 valence electrons. The maximum absolute atomic E-state index is 8.99. The van der Waals surface area contributed by atoms with E-state index in [0.29, 0.717) is 5.69 Å². The first-order valence-corrected chi connectivity index (χ1v) is 5.42. The minimum Gasteiger partial charge on any atom is -0.390 e. The molecule has 0 fully saturated rings. The molecule has 4 heteroatoms. The van der Waals surface area contributed by atoms with E-state index < -0.39 is 0 Å². The van der Waals surface area contributed by atoms with E-state index >= 15 is 0 Å². The van der Waals surface area contributed by atoms with Crippen LogP contribution >= 0.6 is 15.9 Å². The Bertz CT molecular complexity index is 479. The van der Waals surface area contributed by atoms with Crippen molar-refractivity contribution >= 4 is 15.9 Å². The molecule has 1 N–H and O–H groups in total. The van der Waals surface area contributed by atoms with Crippen molar-refractivity contribution < 1.29 is 5.11 Å². The highest BCUT2D eigenvalue weighted by molar-refractivity contribution is 9.10. The summed E-state index contributed by atoms with van der Waals surface area (Å²) in [6.45, 7) is 1.94. The van der Waals surface area contributed by atoms with Crippen LogP contribution < -0.4 is 0 Å². The predicted molar refractivity (Wildman–Crippen MR) is 61.9 cm³/mol. The highest BCUT2D eigenvalue weighted by Gasteiger charge is 2.05. The molecule has 0 bridgehead atoms. The molecule has 0 aliphatic rings. The van der Waals surface area contributed by atoms with Gasteiger partial charge in [-0.15, -0.1) is 0 Å². The van der Waals surface area contributed by atoms with Gasteiger partial charge in [0.25, 0.3) is 0 Å². The van der Waals surface area contributed by atoms with Crippen LogP contribution in [0.25, 0.3) is 5.69 Å². The molecule has 0 radical (unpaired) electrons. The van der Waals surface area contributed by atoms with E-state index in [4.69, 9.17) is 5.11 Å². The summed E-state index contributed by atoms with van der Waals surface area (Å²) in [7, 11) is 0. The lowest BCUT2D eigenvalue weighted by molar-refractivity contribution is 0.276. The van der Waals surface area contributed by atoms with Crippen molar-refractivity contribution in [3.63, 3.8) is 0 Å². The van der Waals surface area contributed by atoms with E-state index in [9.17, 15) is 0 Å². The molecule has 2 rings (SSSR count). The molecule has 0 spiro atoms. The second-order valence-electron chi connectivity index (χ2n) is 3.33. The molecule has 0 unspecified atom stereocenters. The van der Waals surface area contributed by atoms with Crippen LogP contribution in [0.4, 0.5) is 0 Å². The lowest BCUT2D eigenvalue weighted by Crippen LogP contribution is -1.99. The van der Waals surface area contributed by atoms with Crippen molar-refractivity contribution in [2.75, 3.05) is 0 Å². The molecular formula is C11H11BrN2O. The number of hydrogen-bond donors (Lipinski definition) is 1. The van der Waals surface area contributed by atoms with Crippen molar-refractivity contribution in [1.82, 2.24) is 9.78 Å². The van der Waals surface area contributed by atoms with Gasteiger partial charge in [-0.05, 0) is 31.2 Å². The summed E-state index contributed by atoms with van der Waals surface area (Å²) < 4.78 is 2.83. The second kappa shape index (κ2) is 4.16. The van der Waals surface area contributed by atoms with Gasteiger partial charge in [-0.3, -0.25) is 0 Å². The predicted octanol–water partition coefficient (Wildman–Crippen LogP) is 2.44. The second-order valence-corrected chi connectivity index (χ2v) is 4.24. The fourth-order valence-corrected chi connectivity index (χ4v) is 1.87. The number of rotatable bonds is 2. The minimum absolute atomic E-state index is 0.0259. The molecule has 15 heavy (non-hydrogen) atoms. The zero-order valence-electron chi connectivity index (χ0n) is 8.31. The van der Waals surface area contributed by atoms with Crippen LogP contribution in [0.5, 0.6) is 0 Å². The lowest BCUT2D eigenvalue weighted by Gasteiger charge is -2.04. The average Bonchev–Trinajstić information content (AvgIpc) is 2.60. The third-order valence-electron chi connectivity index (χ3n) is 2.15. The Kier molecular flexibility index (Phi) is 2.88. The van der Waals surface area contributed by atoms with Crippen molar-refractivity contribution in [3.05, 3.63) is 46.2 Å². The Morgan fingerprint density at radius 3 is 2.80 bits per heavy atom. The SMILES string of the molecule is Cc1cc(CO)nn1-c1cccc(Br)c1. The fraction of sp³-hybridized carbons (Fsp3) is 0.182. The molecule has 0 atom stereocenters. The Morgan fingerprint density at radius 2 is 2.20 bits per heavy atom. The molecule has 0 aliphatic carbocycles. The van der Waals surface area contributed by atoms with Gasteiger partial charge in [0.1, 0.15) is 0 Å². The molecule has 3 nitrogen and oxygen atoms in total. The molecule has 1 aromatic carbocycles. The number of nitrogens with zero attached hydrogens (tertiary/aromatic N) is 2. The van der Waals surface area contributed by atoms with E-state index in [0.717, 1.165) is 15.9 Å². The fourth-order valence-electron chi connectivity index (χ4n) is 1.48. The van der Waals surface area contributed by atoms with Gasteiger partial charge in [-0.1, -0.05) is 22.0 Å². The molecular weight excluding hydrogens is 256 g/mol. The number of hydrogen-bond acceptors (Lipinski definition) is 2. The summed E-state index contributed by atoms with van der Waals surface area (Å²) >= 11 is 3.42. The Hall–Kier alpha value is -1.13. The summed E-state index contributed by atoms with van der Waals surface area (Å²) in [4.78, 5) is 0. The van der Waals surface area contributed by atoms with E-state index in [1.165, 1.54) is 0 Å². The zero-order chi connectivity index (χ0) is 10.8. The van der Waals surface area contributed by atoms with E-state index in [1.807, 2.05) is 41.9 Å². The number of aryl methyl sites for hydroxylation is 1. The smallest absolute Gasteiger partial charge is 0.0886 e. The first kappa shape index (κ1) is 10.4. The highest BCUT2D eigenvalue weighted by Crippen LogP contribution is 2.17. The van der Waals surface area contributed by atoms with Gasteiger partial charge in [0.05, 0.1) is 18.0 Å². The summed E-state index contributed by atoms with van der Waals surface area (Å²) in [6, 6.07) is 9.77. The van der Waals surface area contributed by atoms with Gasteiger partial charge in [-0.2, -0.15) is 5.10 Å². The number of benzene rings is 1. The Morgan fingerprint density at radius 1 is 1.40 bits per heavy atom. The quantitative estimate of drug-likeness (QED) is 0.907. The van der Waals surface area contributed by atoms with Crippen molar-refractivity contribution in [2.45, 2.75) is 13.5 Å².